The van der Waals surface area contributed by atoms with Crippen LogP contribution in [0.5, 0.6) is 0 Å². The number of rotatable bonds is 8. The third-order valence-electron chi connectivity index (χ3n) is 2.38. The van der Waals surface area contributed by atoms with Gasteiger partial charge in [0.15, 0.2) is 0 Å². The van der Waals surface area contributed by atoms with Crippen molar-refractivity contribution in [3.63, 3.8) is 0 Å². The van der Waals surface area contributed by atoms with Crippen molar-refractivity contribution in [1.29, 1.82) is 0 Å². The van der Waals surface area contributed by atoms with Gasteiger partial charge < -0.3 is 15.2 Å². The van der Waals surface area contributed by atoms with E-state index in [1.807, 2.05) is 27.7 Å². The zero-order chi connectivity index (χ0) is 13.5. The van der Waals surface area contributed by atoms with Crippen LogP contribution < -0.4 is 5.32 Å². The van der Waals surface area contributed by atoms with Gasteiger partial charge in [0, 0.05) is 28.9 Å². The molecule has 0 aromatic rings. The predicted octanol–water partition coefficient (Wildman–Crippen LogP) is 0.909. The fraction of sp³-hybridized carbons (Fsp3) is 1.00. The zero-order valence-corrected chi connectivity index (χ0v) is 12.5. The van der Waals surface area contributed by atoms with E-state index in [9.17, 15) is 9.32 Å². The summed E-state index contributed by atoms with van der Waals surface area (Å²) >= 11 is 0. The fourth-order valence-electron chi connectivity index (χ4n) is 1.15. The molecule has 0 aliphatic rings. The fourth-order valence-corrected chi connectivity index (χ4v) is 1.59. The molecule has 0 spiro atoms. The lowest BCUT2D eigenvalue weighted by molar-refractivity contribution is -0.0478. The first kappa shape index (κ1) is 17.0. The Kier molecular flexibility index (Phi) is 8.20. The molecule has 0 aliphatic carbocycles. The van der Waals surface area contributed by atoms with Gasteiger partial charge in [0.05, 0.1) is 18.3 Å². The zero-order valence-electron chi connectivity index (χ0n) is 11.7. The van der Waals surface area contributed by atoms with Gasteiger partial charge in [-0.05, 0) is 33.7 Å². The standard InChI is InChI=1S/C12H27NO3S/c1-10(17(5)15)6-7-13-8-11(14)9-16-12(2,3)4/h10-11,13-14H,6-9H2,1-5H3. The molecule has 4 nitrogen and oxygen atoms in total. The van der Waals surface area contributed by atoms with Crippen LogP contribution in [0.4, 0.5) is 0 Å². The highest BCUT2D eigenvalue weighted by atomic mass is 32.2. The summed E-state index contributed by atoms with van der Waals surface area (Å²) in [5, 5.41) is 13.0. The lowest BCUT2D eigenvalue weighted by Crippen LogP contribution is -2.34. The highest BCUT2D eigenvalue weighted by molar-refractivity contribution is 7.84. The predicted molar refractivity (Wildman–Crippen MR) is 72.7 cm³/mol. The van der Waals surface area contributed by atoms with Crippen molar-refractivity contribution >= 4 is 10.8 Å². The molecule has 3 atom stereocenters. The molecule has 0 saturated carbocycles. The summed E-state index contributed by atoms with van der Waals surface area (Å²) in [5.41, 5.74) is -0.214. The molecular formula is C12H27NO3S. The van der Waals surface area contributed by atoms with Gasteiger partial charge in [-0.3, -0.25) is 4.21 Å². The molecule has 0 fully saturated rings. The number of ether oxygens (including phenoxy) is 1. The van der Waals surface area contributed by atoms with Crippen molar-refractivity contribution in [2.45, 2.75) is 51.1 Å². The van der Waals surface area contributed by atoms with Crippen LogP contribution in [0.3, 0.4) is 0 Å². The summed E-state index contributed by atoms with van der Waals surface area (Å²) in [6.07, 6.45) is 2.09. The molecule has 0 amide bonds. The Morgan fingerprint density at radius 1 is 1.41 bits per heavy atom. The largest absolute Gasteiger partial charge is 0.389 e. The van der Waals surface area contributed by atoms with Crippen LogP contribution >= 0.6 is 0 Å². The van der Waals surface area contributed by atoms with Gasteiger partial charge in [0.2, 0.25) is 0 Å². The molecule has 104 valence electrons. The molecule has 0 aromatic heterocycles. The molecule has 3 unspecified atom stereocenters. The summed E-state index contributed by atoms with van der Waals surface area (Å²) in [7, 11) is -0.767. The van der Waals surface area contributed by atoms with Crippen molar-refractivity contribution < 1.29 is 14.1 Å². The minimum absolute atomic E-state index is 0.200. The van der Waals surface area contributed by atoms with E-state index in [0.29, 0.717) is 13.2 Å². The van der Waals surface area contributed by atoms with Crippen LogP contribution in [0, 0.1) is 0 Å². The smallest absolute Gasteiger partial charge is 0.0897 e. The summed E-state index contributed by atoms with van der Waals surface area (Å²) < 4.78 is 16.6. The van der Waals surface area contributed by atoms with Crippen LogP contribution in [0.2, 0.25) is 0 Å². The van der Waals surface area contributed by atoms with E-state index < -0.39 is 16.9 Å². The van der Waals surface area contributed by atoms with Crippen molar-refractivity contribution in [2.24, 2.45) is 0 Å². The third-order valence-corrected chi connectivity index (χ3v) is 3.75. The van der Waals surface area contributed by atoms with E-state index in [1.54, 1.807) is 6.26 Å². The highest BCUT2D eigenvalue weighted by Crippen LogP contribution is 2.06. The van der Waals surface area contributed by atoms with Gasteiger partial charge in [-0.25, -0.2) is 0 Å². The first-order valence-electron chi connectivity index (χ1n) is 6.07. The maximum atomic E-state index is 11.1. The molecule has 17 heavy (non-hydrogen) atoms. The lowest BCUT2D eigenvalue weighted by atomic mass is 10.2. The first-order valence-corrected chi connectivity index (χ1v) is 7.69. The normalized spacial score (nSPS) is 17.8. The second kappa shape index (κ2) is 8.19. The molecule has 0 aromatic carbocycles. The maximum Gasteiger partial charge on any atom is 0.0897 e. The number of hydrogen-bond donors (Lipinski definition) is 2. The molecule has 0 rings (SSSR count). The average Bonchev–Trinajstić information content (AvgIpc) is 2.20. The molecule has 0 radical (unpaired) electrons. The van der Waals surface area contributed by atoms with E-state index in [1.165, 1.54) is 0 Å². The van der Waals surface area contributed by atoms with Gasteiger partial charge in [-0.15, -0.1) is 0 Å². The number of nitrogens with one attached hydrogen (secondary N) is 1. The summed E-state index contributed by atoms with van der Waals surface area (Å²) in [6, 6.07) is 0. The van der Waals surface area contributed by atoms with Crippen molar-refractivity contribution in [3.05, 3.63) is 0 Å². The summed E-state index contributed by atoms with van der Waals surface area (Å²) in [4.78, 5) is 0. The van der Waals surface area contributed by atoms with Crippen LogP contribution in [-0.2, 0) is 15.5 Å². The van der Waals surface area contributed by atoms with Crippen LogP contribution in [0.15, 0.2) is 0 Å². The van der Waals surface area contributed by atoms with Crippen molar-refractivity contribution in [1.82, 2.24) is 5.32 Å². The first-order chi connectivity index (χ1) is 7.72. The highest BCUT2D eigenvalue weighted by Gasteiger charge is 2.13. The average molecular weight is 265 g/mol. The Morgan fingerprint density at radius 3 is 2.47 bits per heavy atom. The molecule has 0 heterocycles. The Labute approximate surface area is 108 Å². The second-order valence-corrected chi connectivity index (χ2v) is 7.18. The Balaban J connectivity index is 3.52. The van der Waals surface area contributed by atoms with E-state index in [2.05, 4.69) is 5.32 Å². The number of aliphatic hydroxyl groups is 1. The van der Waals surface area contributed by atoms with E-state index in [-0.39, 0.29) is 10.9 Å². The molecule has 0 bridgehead atoms. The molecule has 0 saturated heterocycles. The quantitative estimate of drug-likeness (QED) is 0.641. The van der Waals surface area contributed by atoms with E-state index in [4.69, 9.17) is 4.74 Å². The Bertz CT molecular complexity index is 228. The Hall–Kier alpha value is 0.0300. The van der Waals surface area contributed by atoms with Gasteiger partial charge in [-0.1, -0.05) is 6.92 Å². The lowest BCUT2D eigenvalue weighted by Gasteiger charge is -2.22. The topological polar surface area (TPSA) is 58.6 Å². The molecule has 0 aliphatic heterocycles. The van der Waals surface area contributed by atoms with E-state index in [0.717, 1.165) is 13.0 Å². The van der Waals surface area contributed by atoms with Gasteiger partial charge >= 0.3 is 0 Å². The van der Waals surface area contributed by atoms with Gasteiger partial charge in [0.25, 0.3) is 0 Å². The minimum atomic E-state index is -0.767. The van der Waals surface area contributed by atoms with Gasteiger partial charge in [0.1, 0.15) is 0 Å². The number of aliphatic hydroxyl groups excluding tert-OH is 1. The third kappa shape index (κ3) is 10.9. The van der Waals surface area contributed by atoms with Crippen LogP contribution in [0.25, 0.3) is 0 Å². The van der Waals surface area contributed by atoms with E-state index >= 15 is 0 Å². The summed E-state index contributed by atoms with van der Waals surface area (Å²) in [6.45, 7) is 9.48. The Morgan fingerprint density at radius 2 is 2.00 bits per heavy atom. The molecule has 2 N–H and O–H groups in total. The SMILES string of the molecule is CC(CCNCC(O)COC(C)(C)C)S(C)=O. The van der Waals surface area contributed by atoms with Crippen LogP contribution in [-0.4, -0.2) is 52.2 Å². The van der Waals surface area contributed by atoms with Gasteiger partial charge in [-0.2, -0.15) is 0 Å². The minimum Gasteiger partial charge on any atom is -0.389 e. The monoisotopic (exact) mass is 265 g/mol. The molecular weight excluding hydrogens is 238 g/mol. The molecule has 5 heteroatoms. The number of hydrogen-bond acceptors (Lipinski definition) is 4. The summed E-state index contributed by atoms with van der Waals surface area (Å²) in [5.74, 6) is 0. The van der Waals surface area contributed by atoms with Crippen molar-refractivity contribution in [3.8, 4) is 0 Å². The van der Waals surface area contributed by atoms with Crippen LogP contribution in [0.1, 0.15) is 34.1 Å². The van der Waals surface area contributed by atoms with Crippen molar-refractivity contribution in [2.75, 3.05) is 26.0 Å². The second-order valence-electron chi connectivity index (χ2n) is 5.38. The maximum absolute atomic E-state index is 11.1.